The van der Waals surface area contributed by atoms with Crippen LogP contribution in [0.4, 0.5) is 0 Å². The number of aromatic nitrogens is 2. The van der Waals surface area contributed by atoms with Crippen molar-refractivity contribution in [2.45, 2.75) is 30.8 Å². The first-order chi connectivity index (χ1) is 6.78. The maximum Gasteiger partial charge on any atom is 0.259 e. The highest BCUT2D eigenvalue weighted by Crippen LogP contribution is 2.39. The third kappa shape index (κ3) is 1.24. The molecule has 1 aliphatic carbocycles. The zero-order valence-corrected chi connectivity index (χ0v) is 7.86. The SMILES string of the molecule is O[C@@]1(c2nc(C3CC3)no2)CCNC1. The maximum atomic E-state index is 10.1. The van der Waals surface area contributed by atoms with Gasteiger partial charge in [0, 0.05) is 12.5 Å². The van der Waals surface area contributed by atoms with Gasteiger partial charge in [-0.3, -0.25) is 0 Å². The van der Waals surface area contributed by atoms with Gasteiger partial charge in [-0.05, 0) is 25.8 Å². The van der Waals surface area contributed by atoms with E-state index < -0.39 is 5.60 Å². The number of aliphatic hydroxyl groups is 1. The lowest BCUT2D eigenvalue weighted by Gasteiger charge is -2.14. The normalized spacial score (nSPS) is 32.4. The first kappa shape index (κ1) is 8.38. The van der Waals surface area contributed by atoms with Crippen LogP contribution in [0.3, 0.4) is 0 Å². The first-order valence-electron chi connectivity index (χ1n) is 5.05. The summed E-state index contributed by atoms with van der Waals surface area (Å²) in [5, 5.41) is 17.1. The number of hydrogen-bond acceptors (Lipinski definition) is 5. The first-order valence-corrected chi connectivity index (χ1v) is 5.05. The number of β-amino-alcohol motifs (C(OH)–C–C–N with tert-alkyl or cyclic N) is 1. The summed E-state index contributed by atoms with van der Waals surface area (Å²) in [4.78, 5) is 4.26. The van der Waals surface area contributed by atoms with Crippen LogP contribution in [0.5, 0.6) is 0 Å². The monoisotopic (exact) mass is 195 g/mol. The van der Waals surface area contributed by atoms with Gasteiger partial charge < -0.3 is 14.9 Å². The molecule has 0 amide bonds. The van der Waals surface area contributed by atoms with E-state index >= 15 is 0 Å². The van der Waals surface area contributed by atoms with Gasteiger partial charge in [-0.2, -0.15) is 4.98 Å². The highest BCUT2D eigenvalue weighted by molar-refractivity contribution is 5.08. The largest absolute Gasteiger partial charge is 0.379 e. The Morgan fingerprint density at radius 2 is 2.36 bits per heavy atom. The van der Waals surface area contributed by atoms with Crippen LogP contribution in [0.1, 0.15) is 36.9 Å². The summed E-state index contributed by atoms with van der Waals surface area (Å²) in [7, 11) is 0. The van der Waals surface area contributed by atoms with Crippen LogP contribution >= 0.6 is 0 Å². The van der Waals surface area contributed by atoms with Crippen molar-refractivity contribution >= 4 is 0 Å². The van der Waals surface area contributed by atoms with E-state index in [0.717, 1.165) is 25.2 Å². The molecule has 0 spiro atoms. The van der Waals surface area contributed by atoms with Crippen molar-refractivity contribution in [3.63, 3.8) is 0 Å². The van der Waals surface area contributed by atoms with Crippen molar-refractivity contribution in [2.75, 3.05) is 13.1 Å². The maximum absolute atomic E-state index is 10.1. The number of nitrogens with one attached hydrogen (secondary N) is 1. The van der Waals surface area contributed by atoms with Crippen LogP contribution in [0.2, 0.25) is 0 Å². The van der Waals surface area contributed by atoms with E-state index in [1.165, 1.54) is 0 Å². The number of hydrogen-bond donors (Lipinski definition) is 2. The Labute approximate surface area is 81.5 Å². The molecule has 5 nitrogen and oxygen atoms in total. The zero-order chi connectivity index (χ0) is 9.60. The molecule has 0 bridgehead atoms. The summed E-state index contributed by atoms with van der Waals surface area (Å²) in [6.07, 6.45) is 2.95. The van der Waals surface area contributed by atoms with Crippen LogP contribution in [-0.4, -0.2) is 28.3 Å². The zero-order valence-electron chi connectivity index (χ0n) is 7.86. The lowest BCUT2D eigenvalue weighted by molar-refractivity contribution is 0.0243. The number of rotatable bonds is 2. The lowest BCUT2D eigenvalue weighted by Crippen LogP contribution is -2.28. The highest BCUT2D eigenvalue weighted by Gasteiger charge is 2.40. The minimum atomic E-state index is -0.930. The second-order valence-electron chi connectivity index (χ2n) is 4.19. The molecule has 0 unspecified atom stereocenters. The van der Waals surface area contributed by atoms with Gasteiger partial charge in [0.2, 0.25) is 0 Å². The summed E-state index contributed by atoms with van der Waals surface area (Å²) in [6, 6.07) is 0. The van der Waals surface area contributed by atoms with E-state index in [2.05, 4.69) is 15.5 Å². The molecule has 1 saturated carbocycles. The van der Waals surface area contributed by atoms with Crippen LogP contribution in [0, 0.1) is 0 Å². The van der Waals surface area contributed by atoms with Crippen molar-refractivity contribution in [3.05, 3.63) is 11.7 Å². The van der Waals surface area contributed by atoms with Gasteiger partial charge in [0.1, 0.15) is 0 Å². The fourth-order valence-electron chi connectivity index (χ4n) is 1.79. The third-order valence-corrected chi connectivity index (χ3v) is 2.92. The Bertz CT molecular complexity index is 340. The molecule has 1 atom stereocenters. The molecule has 76 valence electrons. The number of nitrogens with zero attached hydrogens (tertiary/aromatic N) is 2. The smallest absolute Gasteiger partial charge is 0.259 e. The van der Waals surface area contributed by atoms with Crippen LogP contribution in [0.15, 0.2) is 4.52 Å². The van der Waals surface area contributed by atoms with Crippen molar-refractivity contribution in [1.29, 1.82) is 0 Å². The molecule has 2 aliphatic rings. The Kier molecular flexibility index (Phi) is 1.66. The van der Waals surface area contributed by atoms with Gasteiger partial charge in [0.25, 0.3) is 5.89 Å². The van der Waals surface area contributed by atoms with E-state index in [1.54, 1.807) is 0 Å². The molecule has 1 saturated heterocycles. The highest BCUT2D eigenvalue weighted by atomic mass is 16.5. The van der Waals surface area contributed by atoms with Crippen LogP contribution in [-0.2, 0) is 5.60 Å². The molecule has 5 heteroatoms. The average molecular weight is 195 g/mol. The average Bonchev–Trinajstić information content (AvgIpc) is 2.75. The molecule has 3 rings (SSSR count). The fraction of sp³-hybridized carbons (Fsp3) is 0.778. The fourth-order valence-corrected chi connectivity index (χ4v) is 1.79. The second-order valence-corrected chi connectivity index (χ2v) is 4.19. The molecular formula is C9H13N3O2. The van der Waals surface area contributed by atoms with Crippen molar-refractivity contribution in [3.8, 4) is 0 Å². The van der Waals surface area contributed by atoms with Gasteiger partial charge >= 0.3 is 0 Å². The molecule has 1 aromatic heterocycles. The lowest BCUT2D eigenvalue weighted by atomic mass is 10.0. The van der Waals surface area contributed by atoms with Gasteiger partial charge in [0.15, 0.2) is 11.4 Å². The van der Waals surface area contributed by atoms with Crippen molar-refractivity contribution < 1.29 is 9.63 Å². The Balaban J connectivity index is 1.87. The molecule has 1 aliphatic heterocycles. The molecule has 14 heavy (non-hydrogen) atoms. The molecule has 1 aromatic rings. The topological polar surface area (TPSA) is 71.2 Å². The molecule has 0 radical (unpaired) electrons. The summed E-state index contributed by atoms with van der Waals surface area (Å²) in [6.45, 7) is 1.32. The molecule has 2 N–H and O–H groups in total. The molecular weight excluding hydrogens is 182 g/mol. The van der Waals surface area contributed by atoms with E-state index in [9.17, 15) is 5.11 Å². The van der Waals surface area contributed by atoms with Crippen LogP contribution < -0.4 is 5.32 Å². The second kappa shape index (κ2) is 2.77. The summed E-state index contributed by atoms with van der Waals surface area (Å²) < 4.78 is 5.10. The molecule has 2 heterocycles. The summed E-state index contributed by atoms with van der Waals surface area (Å²) in [5.74, 6) is 1.62. The van der Waals surface area contributed by atoms with Crippen LogP contribution in [0.25, 0.3) is 0 Å². The van der Waals surface area contributed by atoms with E-state index in [1.807, 2.05) is 0 Å². The van der Waals surface area contributed by atoms with Gasteiger partial charge in [0.05, 0.1) is 0 Å². The van der Waals surface area contributed by atoms with E-state index in [0.29, 0.717) is 24.8 Å². The van der Waals surface area contributed by atoms with E-state index in [4.69, 9.17) is 4.52 Å². The van der Waals surface area contributed by atoms with Crippen molar-refractivity contribution in [1.82, 2.24) is 15.5 Å². The van der Waals surface area contributed by atoms with Gasteiger partial charge in [-0.1, -0.05) is 5.16 Å². The minimum absolute atomic E-state index is 0.379. The Morgan fingerprint density at radius 3 is 3.00 bits per heavy atom. The predicted molar refractivity (Wildman–Crippen MR) is 47.7 cm³/mol. The van der Waals surface area contributed by atoms with E-state index in [-0.39, 0.29) is 0 Å². The summed E-state index contributed by atoms with van der Waals surface area (Å²) >= 11 is 0. The molecule has 2 fully saturated rings. The minimum Gasteiger partial charge on any atom is -0.379 e. The quantitative estimate of drug-likeness (QED) is 0.701. The predicted octanol–water partition coefficient (Wildman–Crippen LogP) is 0.128. The standard InChI is InChI=1S/C9H13N3O2/c13-9(3-4-10-5-9)8-11-7(12-14-8)6-1-2-6/h6,10,13H,1-5H2/t9-/m0/s1. The Morgan fingerprint density at radius 1 is 1.50 bits per heavy atom. The Hall–Kier alpha value is -0.940. The van der Waals surface area contributed by atoms with Crippen molar-refractivity contribution in [2.24, 2.45) is 0 Å². The summed E-state index contributed by atoms with van der Waals surface area (Å²) in [5.41, 5.74) is -0.930. The van der Waals surface area contributed by atoms with Gasteiger partial charge in [-0.25, -0.2) is 0 Å². The van der Waals surface area contributed by atoms with Gasteiger partial charge in [-0.15, -0.1) is 0 Å². The third-order valence-electron chi connectivity index (χ3n) is 2.92. The molecule has 0 aromatic carbocycles.